The molecule has 1 saturated heterocycles. The molecule has 0 unspecified atom stereocenters. The Morgan fingerprint density at radius 2 is 1.90 bits per heavy atom. The van der Waals surface area contributed by atoms with Crippen molar-refractivity contribution in [3.63, 3.8) is 0 Å². The normalized spacial score (nSPS) is 18.2. The lowest BCUT2D eigenvalue weighted by Crippen LogP contribution is -2.46. The third kappa shape index (κ3) is 5.05. The van der Waals surface area contributed by atoms with Gasteiger partial charge in [-0.3, -0.25) is 4.90 Å². The highest BCUT2D eigenvalue weighted by Gasteiger charge is 2.20. The van der Waals surface area contributed by atoms with Crippen molar-refractivity contribution in [1.82, 2.24) is 10.2 Å². The number of hydrogen-bond acceptors (Lipinski definition) is 2. The molecule has 0 aromatic heterocycles. The first kappa shape index (κ1) is 15.8. The van der Waals surface area contributed by atoms with Crippen LogP contribution in [-0.4, -0.2) is 36.6 Å². The average Bonchev–Trinajstić information content (AvgIpc) is 2.48. The summed E-state index contributed by atoms with van der Waals surface area (Å²) in [5.41, 5.74) is 2.02. The number of nitrogens with one attached hydrogen (secondary N) is 2. The lowest BCUT2D eigenvalue weighted by molar-refractivity contribution is 0.146. The van der Waals surface area contributed by atoms with Gasteiger partial charge in [0.15, 0.2) is 0 Å². The van der Waals surface area contributed by atoms with Gasteiger partial charge in [0.25, 0.3) is 0 Å². The Hall–Kier alpha value is -1.55. The molecular formula is C17H27N3O. The maximum Gasteiger partial charge on any atom is 0.319 e. The Morgan fingerprint density at radius 3 is 2.52 bits per heavy atom. The van der Waals surface area contributed by atoms with Gasteiger partial charge in [-0.25, -0.2) is 4.79 Å². The highest BCUT2D eigenvalue weighted by Crippen LogP contribution is 2.17. The van der Waals surface area contributed by atoms with Gasteiger partial charge >= 0.3 is 6.03 Å². The molecule has 1 aromatic carbocycles. The highest BCUT2D eigenvalue weighted by atomic mass is 16.2. The van der Waals surface area contributed by atoms with E-state index in [4.69, 9.17) is 0 Å². The van der Waals surface area contributed by atoms with Crippen LogP contribution in [0.4, 0.5) is 10.5 Å². The third-order valence-corrected chi connectivity index (χ3v) is 4.31. The molecule has 1 heterocycles. The molecule has 0 spiro atoms. The number of aryl methyl sites for hydroxylation is 1. The van der Waals surface area contributed by atoms with E-state index in [-0.39, 0.29) is 6.03 Å². The Bertz CT molecular complexity index is 450. The molecule has 4 nitrogen and oxygen atoms in total. The van der Waals surface area contributed by atoms with Gasteiger partial charge in [-0.2, -0.15) is 0 Å². The number of piperidine rings is 1. The van der Waals surface area contributed by atoms with Crippen molar-refractivity contribution in [3.8, 4) is 0 Å². The molecule has 2 amide bonds. The predicted octanol–water partition coefficient (Wildman–Crippen LogP) is 3.24. The number of anilines is 1. The molecule has 2 N–H and O–H groups in total. The van der Waals surface area contributed by atoms with E-state index >= 15 is 0 Å². The SMILES string of the molecule is Cc1ccc(NC(=O)NC[C@@H](C)N2CCC(C)CC2)cc1. The molecule has 0 radical (unpaired) electrons. The van der Waals surface area contributed by atoms with Gasteiger partial charge in [-0.1, -0.05) is 24.6 Å². The van der Waals surface area contributed by atoms with Gasteiger partial charge in [0.1, 0.15) is 0 Å². The quantitative estimate of drug-likeness (QED) is 0.893. The zero-order chi connectivity index (χ0) is 15.2. The molecule has 1 aliphatic heterocycles. The number of amides is 2. The molecule has 0 saturated carbocycles. The van der Waals surface area contributed by atoms with Gasteiger partial charge in [-0.05, 0) is 57.8 Å². The van der Waals surface area contributed by atoms with Gasteiger partial charge < -0.3 is 10.6 Å². The second-order valence-corrected chi connectivity index (χ2v) is 6.27. The number of benzene rings is 1. The van der Waals surface area contributed by atoms with E-state index in [2.05, 4.69) is 29.4 Å². The first-order valence-corrected chi connectivity index (χ1v) is 7.90. The predicted molar refractivity (Wildman–Crippen MR) is 87.6 cm³/mol. The number of hydrogen-bond donors (Lipinski definition) is 2. The van der Waals surface area contributed by atoms with Gasteiger partial charge in [0, 0.05) is 18.3 Å². The molecular weight excluding hydrogens is 262 g/mol. The van der Waals surface area contributed by atoms with Crippen LogP contribution >= 0.6 is 0 Å². The van der Waals surface area contributed by atoms with Crippen molar-refractivity contribution in [2.45, 2.75) is 39.7 Å². The minimum absolute atomic E-state index is 0.129. The van der Waals surface area contributed by atoms with E-state index in [0.717, 1.165) is 24.7 Å². The fraction of sp³-hybridized carbons (Fsp3) is 0.588. The van der Waals surface area contributed by atoms with Crippen LogP contribution in [0.2, 0.25) is 0 Å². The Labute approximate surface area is 127 Å². The van der Waals surface area contributed by atoms with Crippen molar-refractivity contribution in [3.05, 3.63) is 29.8 Å². The van der Waals surface area contributed by atoms with Gasteiger partial charge in [0.2, 0.25) is 0 Å². The van der Waals surface area contributed by atoms with Gasteiger partial charge in [-0.15, -0.1) is 0 Å². The van der Waals surface area contributed by atoms with Crippen LogP contribution in [-0.2, 0) is 0 Å². The Kier molecular flexibility index (Phi) is 5.62. The van der Waals surface area contributed by atoms with Crippen LogP contribution in [0.3, 0.4) is 0 Å². The number of urea groups is 1. The molecule has 0 bridgehead atoms. The smallest absolute Gasteiger partial charge is 0.319 e. The zero-order valence-electron chi connectivity index (χ0n) is 13.4. The summed E-state index contributed by atoms with van der Waals surface area (Å²) in [6.07, 6.45) is 2.53. The second-order valence-electron chi connectivity index (χ2n) is 6.27. The molecule has 1 aromatic rings. The zero-order valence-corrected chi connectivity index (χ0v) is 13.4. The summed E-state index contributed by atoms with van der Waals surface area (Å²) in [6, 6.07) is 8.09. The molecule has 2 rings (SSSR count). The molecule has 4 heteroatoms. The van der Waals surface area contributed by atoms with Crippen molar-refractivity contribution < 1.29 is 4.79 Å². The topological polar surface area (TPSA) is 44.4 Å². The summed E-state index contributed by atoms with van der Waals surface area (Å²) < 4.78 is 0. The van der Waals surface area contributed by atoms with Crippen LogP contribution in [0, 0.1) is 12.8 Å². The second kappa shape index (κ2) is 7.46. The van der Waals surface area contributed by atoms with Gasteiger partial charge in [0.05, 0.1) is 0 Å². The van der Waals surface area contributed by atoms with Crippen molar-refractivity contribution in [2.24, 2.45) is 5.92 Å². The number of rotatable bonds is 4. The van der Waals surface area contributed by atoms with Crippen LogP contribution in [0.5, 0.6) is 0 Å². The number of nitrogens with zero attached hydrogens (tertiary/aromatic N) is 1. The molecule has 1 fully saturated rings. The Morgan fingerprint density at radius 1 is 1.29 bits per heavy atom. The summed E-state index contributed by atoms with van der Waals surface area (Å²) in [5, 5.41) is 5.83. The molecule has 0 aliphatic carbocycles. The standard InChI is InChI=1S/C17H27N3O/c1-13-4-6-16(7-5-13)19-17(21)18-12-15(3)20-10-8-14(2)9-11-20/h4-7,14-15H,8-12H2,1-3H3,(H2,18,19,21)/t15-/m1/s1. The molecule has 1 atom stereocenters. The van der Waals surface area contributed by atoms with Crippen LogP contribution < -0.4 is 10.6 Å². The largest absolute Gasteiger partial charge is 0.336 e. The average molecular weight is 289 g/mol. The maximum atomic E-state index is 11.9. The first-order valence-electron chi connectivity index (χ1n) is 7.90. The number of carbonyl (C=O) groups excluding carboxylic acids is 1. The summed E-state index contributed by atoms with van der Waals surface area (Å²) >= 11 is 0. The minimum atomic E-state index is -0.129. The van der Waals surface area contributed by atoms with Crippen molar-refractivity contribution in [2.75, 3.05) is 25.0 Å². The number of likely N-dealkylation sites (tertiary alicyclic amines) is 1. The summed E-state index contributed by atoms with van der Waals surface area (Å²) in [7, 11) is 0. The Balaban J connectivity index is 1.72. The lowest BCUT2D eigenvalue weighted by Gasteiger charge is -2.34. The van der Waals surface area contributed by atoms with Crippen LogP contribution in [0.25, 0.3) is 0 Å². The van der Waals surface area contributed by atoms with Crippen molar-refractivity contribution in [1.29, 1.82) is 0 Å². The maximum absolute atomic E-state index is 11.9. The summed E-state index contributed by atoms with van der Waals surface area (Å²) in [5.74, 6) is 0.839. The van der Waals surface area contributed by atoms with E-state index in [0.29, 0.717) is 12.6 Å². The molecule has 116 valence electrons. The molecule has 1 aliphatic rings. The summed E-state index contributed by atoms with van der Waals surface area (Å²) in [4.78, 5) is 14.4. The fourth-order valence-corrected chi connectivity index (χ4v) is 2.65. The van der Waals surface area contributed by atoms with E-state index < -0.39 is 0 Å². The van der Waals surface area contributed by atoms with Crippen LogP contribution in [0.1, 0.15) is 32.3 Å². The van der Waals surface area contributed by atoms with E-state index in [1.807, 2.05) is 31.2 Å². The lowest BCUT2D eigenvalue weighted by atomic mass is 9.98. The minimum Gasteiger partial charge on any atom is -0.336 e. The van der Waals surface area contributed by atoms with E-state index in [9.17, 15) is 4.79 Å². The number of carbonyl (C=O) groups is 1. The van der Waals surface area contributed by atoms with E-state index in [1.54, 1.807) is 0 Å². The summed E-state index contributed by atoms with van der Waals surface area (Å²) in [6.45, 7) is 9.50. The van der Waals surface area contributed by atoms with Crippen molar-refractivity contribution >= 4 is 11.7 Å². The monoisotopic (exact) mass is 289 g/mol. The van der Waals surface area contributed by atoms with E-state index in [1.165, 1.54) is 18.4 Å². The molecule has 21 heavy (non-hydrogen) atoms. The fourth-order valence-electron chi connectivity index (χ4n) is 2.65. The van der Waals surface area contributed by atoms with Crippen LogP contribution in [0.15, 0.2) is 24.3 Å². The third-order valence-electron chi connectivity index (χ3n) is 4.31. The first-order chi connectivity index (χ1) is 10.0. The highest BCUT2D eigenvalue weighted by molar-refractivity contribution is 5.89.